The second-order valence-corrected chi connectivity index (χ2v) is 4.63. The third-order valence-electron chi connectivity index (χ3n) is 0.446. The second-order valence-electron chi connectivity index (χ2n) is 1.16. The quantitative estimate of drug-likeness (QED) is 0.375. The topological polar surface area (TPSA) is 78.2 Å². The van der Waals surface area contributed by atoms with E-state index in [2.05, 4.69) is 0 Å². The van der Waals surface area contributed by atoms with Gasteiger partial charge < -0.3 is 0 Å². The van der Waals surface area contributed by atoms with Crippen LogP contribution in [-0.4, -0.2) is 18.7 Å². The highest BCUT2D eigenvalue weighted by Gasteiger charge is 2.02. The highest BCUT2D eigenvalue weighted by molar-refractivity contribution is 8.69. The van der Waals surface area contributed by atoms with Crippen LogP contribution in [0.25, 0.3) is 0 Å². The van der Waals surface area contributed by atoms with E-state index in [1.807, 2.05) is 0 Å². The Balaban J connectivity index is 3.44. The van der Waals surface area contributed by atoms with E-state index in [0.717, 1.165) is 0 Å². The maximum atomic E-state index is 9.92. The molecule has 0 atom stereocenters. The molecule has 0 aliphatic heterocycles. The lowest BCUT2D eigenvalue weighted by Gasteiger charge is -1.88. The van der Waals surface area contributed by atoms with E-state index in [1.165, 1.54) is 0 Å². The number of nitriles is 1. The third kappa shape index (κ3) is 7.75. The fourth-order valence-corrected chi connectivity index (χ4v) is 1.46. The van der Waals surface area contributed by atoms with Gasteiger partial charge in [-0.1, -0.05) is 0 Å². The van der Waals surface area contributed by atoms with Crippen molar-refractivity contribution in [3.63, 3.8) is 0 Å². The van der Waals surface area contributed by atoms with Crippen LogP contribution < -0.4 is 0 Å². The lowest BCUT2D eigenvalue weighted by atomic mass is 10.6. The van der Waals surface area contributed by atoms with E-state index in [4.69, 9.17) is 9.81 Å². The molecule has 0 aromatic carbocycles. The number of hydrogen-bond acceptors (Lipinski definition) is 4. The molecular formula is C3H5NO3S2. The molecule has 0 aromatic rings. The van der Waals surface area contributed by atoms with E-state index in [9.17, 15) is 8.42 Å². The van der Waals surface area contributed by atoms with Crippen molar-refractivity contribution in [2.45, 2.75) is 6.42 Å². The largest absolute Gasteiger partial charge is 0.319 e. The van der Waals surface area contributed by atoms with Crippen LogP contribution in [0.4, 0.5) is 0 Å². The molecule has 0 aliphatic rings. The summed E-state index contributed by atoms with van der Waals surface area (Å²) < 4.78 is 27.9. The average Bonchev–Trinajstić information content (AvgIpc) is 1.63. The van der Waals surface area contributed by atoms with Crippen molar-refractivity contribution in [2.24, 2.45) is 0 Å². The predicted octanol–water partition coefficient (Wildman–Crippen LogP) is 0.436. The number of hydrogen-bond donors (Lipinski definition) is 1. The van der Waals surface area contributed by atoms with Crippen LogP contribution in [0.3, 0.4) is 0 Å². The van der Waals surface area contributed by atoms with Crippen molar-refractivity contribution in [1.82, 2.24) is 0 Å². The van der Waals surface area contributed by atoms with Crippen molar-refractivity contribution in [1.29, 1.82) is 5.26 Å². The average molecular weight is 167 g/mol. The van der Waals surface area contributed by atoms with Crippen LogP contribution in [0.2, 0.25) is 0 Å². The van der Waals surface area contributed by atoms with Gasteiger partial charge in [-0.2, -0.15) is 13.7 Å². The minimum atomic E-state index is -3.93. The van der Waals surface area contributed by atoms with Crippen molar-refractivity contribution >= 4 is 19.9 Å². The van der Waals surface area contributed by atoms with Gasteiger partial charge in [-0.25, -0.2) is 0 Å². The summed E-state index contributed by atoms with van der Waals surface area (Å²) in [5.74, 6) is 0.120. The fourth-order valence-electron chi connectivity index (χ4n) is 0.193. The van der Waals surface area contributed by atoms with Crippen LogP contribution in [0.15, 0.2) is 0 Å². The molecule has 0 amide bonds. The summed E-state index contributed by atoms with van der Waals surface area (Å²) >= 11 is 0. The van der Waals surface area contributed by atoms with Crippen molar-refractivity contribution in [3.8, 4) is 6.07 Å². The fraction of sp³-hybridized carbons (Fsp3) is 0.667. The molecule has 4 nitrogen and oxygen atoms in total. The van der Waals surface area contributed by atoms with Crippen LogP contribution in [0.1, 0.15) is 6.42 Å². The highest BCUT2D eigenvalue weighted by Crippen LogP contribution is 2.09. The van der Waals surface area contributed by atoms with Gasteiger partial charge in [0, 0.05) is 12.2 Å². The molecule has 0 aliphatic carbocycles. The monoisotopic (exact) mass is 167 g/mol. The van der Waals surface area contributed by atoms with Crippen molar-refractivity contribution in [3.05, 3.63) is 0 Å². The molecular weight excluding hydrogens is 162 g/mol. The molecule has 9 heavy (non-hydrogen) atoms. The van der Waals surface area contributed by atoms with Crippen molar-refractivity contribution in [2.75, 3.05) is 5.75 Å². The summed E-state index contributed by atoms with van der Waals surface area (Å²) in [4.78, 5) is 0. The number of nitrogens with zero attached hydrogens (tertiary/aromatic N) is 1. The molecule has 0 saturated heterocycles. The standard InChI is InChI=1S/C3H5NO3S2/c4-2-1-3-8-9(5,6)7/h1,3H2,(H,5,6,7). The Morgan fingerprint density at radius 3 is 2.56 bits per heavy atom. The number of rotatable bonds is 3. The first kappa shape index (κ1) is 8.75. The summed E-state index contributed by atoms with van der Waals surface area (Å²) in [7, 11) is -3.57. The summed E-state index contributed by atoms with van der Waals surface area (Å²) in [6, 6.07) is 1.74. The SMILES string of the molecule is N#CCCSS(=O)(=O)O. The minimum absolute atomic E-state index is 0.120. The minimum Gasteiger partial charge on any atom is -0.277 e. The normalized spacial score (nSPS) is 10.7. The van der Waals surface area contributed by atoms with Crippen LogP contribution in [0, 0.1) is 11.3 Å². The van der Waals surface area contributed by atoms with E-state index < -0.39 is 9.15 Å². The van der Waals surface area contributed by atoms with Crippen molar-refractivity contribution < 1.29 is 13.0 Å². The Labute approximate surface area is 57.0 Å². The summed E-state index contributed by atoms with van der Waals surface area (Å²) in [6.07, 6.45) is 0.129. The predicted molar refractivity (Wildman–Crippen MR) is 34.2 cm³/mol. The molecule has 0 spiro atoms. The molecule has 0 radical (unpaired) electrons. The first-order valence-electron chi connectivity index (χ1n) is 2.05. The molecule has 0 heterocycles. The highest BCUT2D eigenvalue weighted by atomic mass is 33.1. The Morgan fingerprint density at radius 2 is 2.22 bits per heavy atom. The Hall–Kier alpha value is -0.250. The molecule has 0 bridgehead atoms. The molecule has 1 N–H and O–H groups in total. The van der Waals surface area contributed by atoms with E-state index in [-0.39, 0.29) is 12.2 Å². The first-order chi connectivity index (χ1) is 4.06. The Kier molecular flexibility index (Phi) is 3.61. The maximum Gasteiger partial charge on any atom is 0.319 e. The van der Waals surface area contributed by atoms with E-state index >= 15 is 0 Å². The van der Waals surface area contributed by atoms with Gasteiger partial charge in [0.15, 0.2) is 0 Å². The zero-order chi connectivity index (χ0) is 7.33. The Morgan fingerprint density at radius 1 is 1.67 bits per heavy atom. The van der Waals surface area contributed by atoms with E-state index in [1.54, 1.807) is 6.07 Å². The van der Waals surface area contributed by atoms with Gasteiger partial charge in [-0.05, 0) is 10.8 Å². The molecule has 52 valence electrons. The molecule has 0 rings (SSSR count). The Bertz CT molecular complexity index is 202. The molecule has 0 aromatic heterocycles. The van der Waals surface area contributed by atoms with Crippen LogP contribution in [-0.2, 0) is 9.15 Å². The summed E-state index contributed by atoms with van der Waals surface area (Å²) in [5, 5.41) is 7.92. The summed E-state index contributed by atoms with van der Waals surface area (Å²) in [5.41, 5.74) is 0. The molecule has 0 saturated carbocycles. The lowest BCUT2D eigenvalue weighted by molar-refractivity contribution is 0.503. The summed E-state index contributed by atoms with van der Waals surface area (Å²) in [6.45, 7) is 0. The smallest absolute Gasteiger partial charge is 0.277 e. The molecule has 0 unspecified atom stereocenters. The molecule has 6 heteroatoms. The molecule has 0 fully saturated rings. The van der Waals surface area contributed by atoms with Crippen LogP contribution >= 0.6 is 10.8 Å². The third-order valence-corrected chi connectivity index (χ3v) is 2.51. The van der Waals surface area contributed by atoms with Gasteiger partial charge in [0.2, 0.25) is 0 Å². The van der Waals surface area contributed by atoms with Crippen LogP contribution in [0.5, 0.6) is 0 Å². The zero-order valence-corrected chi connectivity index (χ0v) is 6.07. The van der Waals surface area contributed by atoms with Gasteiger partial charge in [-0.3, -0.25) is 4.55 Å². The zero-order valence-electron chi connectivity index (χ0n) is 4.44. The lowest BCUT2D eigenvalue weighted by Crippen LogP contribution is -1.90. The van der Waals surface area contributed by atoms with Gasteiger partial charge in [0.05, 0.1) is 6.07 Å². The van der Waals surface area contributed by atoms with Gasteiger partial charge in [0.1, 0.15) is 0 Å². The van der Waals surface area contributed by atoms with E-state index in [0.29, 0.717) is 10.8 Å². The maximum absolute atomic E-state index is 9.92. The second kappa shape index (κ2) is 3.71. The van der Waals surface area contributed by atoms with Gasteiger partial charge in [0.25, 0.3) is 0 Å². The first-order valence-corrected chi connectivity index (χ1v) is 4.99. The van der Waals surface area contributed by atoms with Gasteiger partial charge >= 0.3 is 9.15 Å². The van der Waals surface area contributed by atoms with Gasteiger partial charge in [-0.15, -0.1) is 0 Å².